The molecule has 0 aliphatic heterocycles. The average molecular weight is 164 g/mol. The fourth-order valence-electron chi connectivity index (χ4n) is 2.04. The van der Waals surface area contributed by atoms with E-state index in [-0.39, 0.29) is 0 Å². The molecule has 1 rings (SSSR count). The highest BCUT2D eigenvalue weighted by atomic mass is 14.2. The summed E-state index contributed by atoms with van der Waals surface area (Å²) in [6.45, 7) is 4.59. The summed E-state index contributed by atoms with van der Waals surface area (Å²) in [5.74, 6) is 1.73. The SMILES string of the molecule is CCCC(CC)C1C=CC=CC1. The van der Waals surface area contributed by atoms with Crippen molar-refractivity contribution in [3.05, 3.63) is 24.3 Å². The summed E-state index contributed by atoms with van der Waals surface area (Å²) in [7, 11) is 0. The lowest BCUT2D eigenvalue weighted by atomic mass is 9.82. The normalized spacial score (nSPS) is 24.3. The molecule has 0 fully saturated rings. The second kappa shape index (κ2) is 5.18. The van der Waals surface area contributed by atoms with Gasteiger partial charge in [-0.25, -0.2) is 0 Å². The molecule has 2 atom stereocenters. The van der Waals surface area contributed by atoms with E-state index in [1.54, 1.807) is 0 Å². The van der Waals surface area contributed by atoms with Crippen molar-refractivity contribution in [2.45, 2.75) is 39.5 Å². The van der Waals surface area contributed by atoms with E-state index in [0.29, 0.717) is 0 Å². The van der Waals surface area contributed by atoms with Crippen molar-refractivity contribution in [2.75, 3.05) is 0 Å². The monoisotopic (exact) mass is 164 g/mol. The van der Waals surface area contributed by atoms with Crippen LogP contribution < -0.4 is 0 Å². The lowest BCUT2D eigenvalue weighted by Crippen LogP contribution is -2.12. The summed E-state index contributed by atoms with van der Waals surface area (Å²) in [6.07, 6.45) is 14.3. The molecular formula is C12H20. The van der Waals surface area contributed by atoms with Gasteiger partial charge in [-0.2, -0.15) is 0 Å². The highest BCUT2D eigenvalue weighted by molar-refractivity contribution is 5.11. The molecule has 12 heavy (non-hydrogen) atoms. The van der Waals surface area contributed by atoms with Crippen molar-refractivity contribution < 1.29 is 0 Å². The standard InChI is InChI=1S/C12H20/c1-3-8-11(4-2)12-9-6-5-7-10-12/h5-7,9,11-12H,3-4,8,10H2,1-2H3. The molecule has 68 valence electrons. The molecule has 0 amide bonds. The van der Waals surface area contributed by atoms with Crippen LogP contribution in [0.1, 0.15) is 39.5 Å². The maximum atomic E-state index is 2.38. The molecule has 0 aromatic carbocycles. The Morgan fingerprint density at radius 2 is 2.17 bits per heavy atom. The van der Waals surface area contributed by atoms with E-state index >= 15 is 0 Å². The third-order valence-electron chi connectivity index (χ3n) is 2.80. The van der Waals surface area contributed by atoms with Crippen LogP contribution in [0.2, 0.25) is 0 Å². The van der Waals surface area contributed by atoms with Crippen LogP contribution >= 0.6 is 0 Å². The average Bonchev–Trinajstić information content (AvgIpc) is 2.15. The third kappa shape index (κ3) is 2.51. The predicted octanol–water partition coefficient (Wildman–Crippen LogP) is 3.95. The van der Waals surface area contributed by atoms with Gasteiger partial charge in [0.2, 0.25) is 0 Å². The van der Waals surface area contributed by atoms with E-state index in [2.05, 4.69) is 38.2 Å². The quantitative estimate of drug-likeness (QED) is 0.590. The minimum Gasteiger partial charge on any atom is -0.0840 e. The van der Waals surface area contributed by atoms with Gasteiger partial charge in [0.25, 0.3) is 0 Å². The van der Waals surface area contributed by atoms with Crippen LogP contribution in [0.25, 0.3) is 0 Å². The molecule has 1 aliphatic rings. The second-order valence-corrected chi connectivity index (χ2v) is 3.67. The number of hydrogen-bond acceptors (Lipinski definition) is 0. The van der Waals surface area contributed by atoms with Crippen molar-refractivity contribution in [3.63, 3.8) is 0 Å². The van der Waals surface area contributed by atoms with Crippen LogP contribution in [0.5, 0.6) is 0 Å². The maximum absolute atomic E-state index is 2.38. The first-order chi connectivity index (χ1) is 5.88. The highest BCUT2D eigenvalue weighted by Gasteiger charge is 2.15. The highest BCUT2D eigenvalue weighted by Crippen LogP contribution is 2.27. The lowest BCUT2D eigenvalue weighted by molar-refractivity contribution is 0.355. The van der Waals surface area contributed by atoms with E-state index in [4.69, 9.17) is 0 Å². The molecule has 0 heteroatoms. The van der Waals surface area contributed by atoms with E-state index in [1.807, 2.05) is 0 Å². The first-order valence-corrected chi connectivity index (χ1v) is 5.21. The molecule has 0 nitrogen and oxygen atoms in total. The first-order valence-electron chi connectivity index (χ1n) is 5.21. The molecule has 0 N–H and O–H groups in total. The molecule has 0 radical (unpaired) electrons. The summed E-state index contributed by atoms with van der Waals surface area (Å²) in [6, 6.07) is 0. The fourth-order valence-corrected chi connectivity index (χ4v) is 2.04. The molecule has 0 heterocycles. The van der Waals surface area contributed by atoms with Crippen molar-refractivity contribution in [3.8, 4) is 0 Å². The fraction of sp³-hybridized carbons (Fsp3) is 0.667. The van der Waals surface area contributed by atoms with Crippen LogP contribution in [0, 0.1) is 11.8 Å². The molecule has 0 aromatic heterocycles. The van der Waals surface area contributed by atoms with Gasteiger partial charge in [0.15, 0.2) is 0 Å². The molecule has 0 saturated heterocycles. The van der Waals surface area contributed by atoms with Gasteiger partial charge < -0.3 is 0 Å². The van der Waals surface area contributed by atoms with Gasteiger partial charge in [0.05, 0.1) is 0 Å². The summed E-state index contributed by atoms with van der Waals surface area (Å²) >= 11 is 0. The number of hydrogen-bond donors (Lipinski definition) is 0. The second-order valence-electron chi connectivity index (χ2n) is 3.67. The summed E-state index contributed by atoms with van der Waals surface area (Å²) < 4.78 is 0. The Morgan fingerprint density at radius 3 is 2.67 bits per heavy atom. The van der Waals surface area contributed by atoms with Gasteiger partial charge in [-0.05, 0) is 18.3 Å². The largest absolute Gasteiger partial charge is 0.0840 e. The Bertz CT molecular complexity index is 165. The van der Waals surface area contributed by atoms with Gasteiger partial charge in [0.1, 0.15) is 0 Å². The molecule has 0 spiro atoms. The smallest absolute Gasteiger partial charge is 0.0167 e. The molecule has 0 saturated carbocycles. The Morgan fingerprint density at radius 1 is 1.33 bits per heavy atom. The minimum atomic E-state index is 0.819. The summed E-state index contributed by atoms with van der Waals surface area (Å²) in [4.78, 5) is 0. The van der Waals surface area contributed by atoms with Crippen molar-refractivity contribution >= 4 is 0 Å². The van der Waals surface area contributed by atoms with E-state index in [0.717, 1.165) is 11.8 Å². The van der Waals surface area contributed by atoms with Gasteiger partial charge in [-0.3, -0.25) is 0 Å². The number of rotatable bonds is 4. The van der Waals surface area contributed by atoms with Crippen molar-refractivity contribution in [1.29, 1.82) is 0 Å². The molecule has 2 unspecified atom stereocenters. The molecule has 1 aliphatic carbocycles. The lowest BCUT2D eigenvalue weighted by Gasteiger charge is -2.23. The van der Waals surface area contributed by atoms with Crippen LogP contribution in [-0.2, 0) is 0 Å². The van der Waals surface area contributed by atoms with Crippen LogP contribution in [-0.4, -0.2) is 0 Å². The van der Waals surface area contributed by atoms with Crippen LogP contribution in [0.3, 0.4) is 0 Å². The Hall–Kier alpha value is -0.520. The topological polar surface area (TPSA) is 0 Å². The van der Waals surface area contributed by atoms with Crippen molar-refractivity contribution in [1.82, 2.24) is 0 Å². The van der Waals surface area contributed by atoms with Gasteiger partial charge >= 0.3 is 0 Å². The Kier molecular flexibility index (Phi) is 4.13. The molecular weight excluding hydrogens is 144 g/mol. The summed E-state index contributed by atoms with van der Waals surface area (Å²) in [5.41, 5.74) is 0. The van der Waals surface area contributed by atoms with E-state index < -0.39 is 0 Å². The zero-order chi connectivity index (χ0) is 8.81. The first kappa shape index (κ1) is 9.57. The van der Waals surface area contributed by atoms with E-state index in [9.17, 15) is 0 Å². The van der Waals surface area contributed by atoms with Gasteiger partial charge in [-0.15, -0.1) is 0 Å². The van der Waals surface area contributed by atoms with Crippen molar-refractivity contribution in [2.24, 2.45) is 11.8 Å². The van der Waals surface area contributed by atoms with Gasteiger partial charge in [-0.1, -0.05) is 57.4 Å². The zero-order valence-electron chi connectivity index (χ0n) is 8.29. The summed E-state index contributed by atoms with van der Waals surface area (Å²) in [5, 5.41) is 0. The third-order valence-corrected chi connectivity index (χ3v) is 2.80. The van der Waals surface area contributed by atoms with E-state index in [1.165, 1.54) is 25.7 Å². The molecule has 0 bridgehead atoms. The minimum absolute atomic E-state index is 0.819. The Balaban J connectivity index is 2.42. The maximum Gasteiger partial charge on any atom is -0.0167 e. The van der Waals surface area contributed by atoms with Gasteiger partial charge in [0, 0.05) is 0 Å². The Labute approximate surface area is 76.4 Å². The van der Waals surface area contributed by atoms with Crippen LogP contribution in [0.4, 0.5) is 0 Å². The predicted molar refractivity (Wildman–Crippen MR) is 55.1 cm³/mol. The molecule has 0 aromatic rings. The van der Waals surface area contributed by atoms with Crippen LogP contribution in [0.15, 0.2) is 24.3 Å². The zero-order valence-corrected chi connectivity index (χ0v) is 8.29. The number of allylic oxidation sites excluding steroid dienone is 4.